The third kappa shape index (κ3) is 5.87. The van der Waals surface area contributed by atoms with Gasteiger partial charge in [0.15, 0.2) is 0 Å². The number of rotatable bonds is 7. The summed E-state index contributed by atoms with van der Waals surface area (Å²) < 4.78 is 0. The second-order valence-corrected chi connectivity index (χ2v) is 4.55. The lowest BCUT2D eigenvalue weighted by molar-refractivity contribution is -0.145. The Kier molecular flexibility index (Phi) is 5.80. The average molecular weight is 286 g/mol. The highest BCUT2D eigenvalue weighted by Crippen LogP contribution is 2.05. The van der Waals surface area contributed by atoms with Crippen LogP contribution in [0.4, 0.5) is 4.79 Å². The second-order valence-electron chi connectivity index (χ2n) is 3.77. The molecule has 0 saturated heterocycles. The number of carboxylic acids is 2. The molecule has 0 spiro atoms. The fourth-order valence-electron chi connectivity index (χ4n) is 1.34. The average Bonchev–Trinajstić information content (AvgIpc) is 2.80. The number of carboxylic acid groups (broad SMARTS) is 2. The van der Waals surface area contributed by atoms with Crippen molar-refractivity contribution in [3.63, 3.8) is 0 Å². The van der Waals surface area contributed by atoms with E-state index in [9.17, 15) is 14.4 Å². The predicted molar refractivity (Wildman–Crippen MR) is 68.2 cm³/mol. The number of carbonyl (C=O) groups is 3. The van der Waals surface area contributed by atoms with Crippen LogP contribution in [0.25, 0.3) is 0 Å². The van der Waals surface area contributed by atoms with Crippen molar-refractivity contribution in [2.24, 2.45) is 0 Å². The van der Waals surface area contributed by atoms with Gasteiger partial charge in [-0.25, -0.2) is 9.59 Å². The van der Waals surface area contributed by atoms with Gasteiger partial charge in [-0.3, -0.25) is 4.79 Å². The first-order valence-electron chi connectivity index (χ1n) is 5.49. The van der Waals surface area contributed by atoms with Crippen molar-refractivity contribution < 1.29 is 24.6 Å². The molecule has 0 radical (unpaired) electrons. The molecule has 7 nitrogen and oxygen atoms in total. The molecule has 19 heavy (non-hydrogen) atoms. The monoisotopic (exact) mass is 286 g/mol. The number of thiophene rings is 1. The van der Waals surface area contributed by atoms with Crippen LogP contribution in [0.15, 0.2) is 16.8 Å². The van der Waals surface area contributed by atoms with Gasteiger partial charge < -0.3 is 20.8 Å². The lowest BCUT2D eigenvalue weighted by atomic mass is 10.2. The summed E-state index contributed by atoms with van der Waals surface area (Å²) in [5.74, 6) is -2.67. The smallest absolute Gasteiger partial charge is 0.326 e. The van der Waals surface area contributed by atoms with E-state index in [2.05, 4.69) is 10.6 Å². The van der Waals surface area contributed by atoms with Crippen LogP contribution < -0.4 is 10.6 Å². The Morgan fingerprint density at radius 1 is 1.32 bits per heavy atom. The van der Waals surface area contributed by atoms with Gasteiger partial charge in [0, 0.05) is 6.54 Å². The summed E-state index contributed by atoms with van der Waals surface area (Å²) in [6.45, 7) is 0.349. The predicted octanol–water partition coefficient (Wildman–Crippen LogP) is 0.518. The van der Waals surface area contributed by atoms with Gasteiger partial charge in [-0.15, -0.1) is 0 Å². The van der Waals surface area contributed by atoms with E-state index >= 15 is 0 Å². The largest absolute Gasteiger partial charge is 0.481 e. The van der Waals surface area contributed by atoms with Gasteiger partial charge in [0.2, 0.25) is 0 Å². The Bertz CT molecular complexity index is 446. The van der Waals surface area contributed by atoms with Crippen molar-refractivity contribution in [1.82, 2.24) is 10.6 Å². The summed E-state index contributed by atoms with van der Waals surface area (Å²) in [4.78, 5) is 32.5. The van der Waals surface area contributed by atoms with Crippen LogP contribution in [0.1, 0.15) is 12.0 Å². The third-order valence-corrected chi connectivity index (χ3v) is 2.99. The first-order valence-corrected chi connectivity index (χ1v) is 6.43. The van der Waals surface area contributed by atoms with E-state index in [4.69, 9.17) is 10.2 Å². The van der Waals surface area contributed by atoms with Gasteiger partial charge in [0.1, 0.15) is 6.04 Å². The van der Waals surface area contributed by atoms with Gasteiger partial charge in [0.25, 0.3) is 0 Å². The Morgan fingerprint density at radius 3 is 2.58 bits per heavy atom. The standard InChI is InChI=1S/C11H14N2O5S/c14-9(15)5-8(10(16)17)13-11(18)12-3-1-7-2-4-19-6-7/h2,4,6,8H,1,3,5H2,(H,14,15)(H,16,17)(H2,12,13,18)/t8-/m1/s1. The van der Waals surface area contributed by atoms with Gasteiger partial charge >= 0.3 is 18.0 Å². The molecule has 2 amide bonds. The Balaban J connectivity index is 2.32. The molecule has 8 heteroatoms. The molecular weight excluding hydrogens is 272 g/mol. The lowest BCUT2D eigenvalue weighted by Crippen LogP contribution is -2.47. The number of amides is 2. The maximum atomic E-state index is 11.4. The van der Waals surface area contributed by atoms with Crippen LogP contribution in [0.2, 0.25) is 0 Å². The van der Waals surface area contributed by atoms with Crippen LogP contribution in [-0.2, 0) is 16.0 Å². The fraction of sp³-hybridized carbons (Fsp3) is 0.364. The maximum absolute atomic E-state index is 11.4. The molecule has 0 aliphatic carbocycles. The Hall–Kier alpha value is -2.09. The summed E-state index contributed by atoms with van der Waals surface area (Å²) >= 11 is 1.55. The van der Waals surface area contributed by atoms with Crippen molar-refractivity contribution in [3.05, 3.63) is 22.4 Å². The Labute approximate surface area is 113 Å². The highest BCUT2D eigenvalue weighted by molar-refractivity contribution is 7.07. The summed E-state index contributed by atoms with van der Waals surface area (Å²) in [7, 11) is 0. The Morgan fingerprint density at radius 2 is 2.05 bits per heavy atom. The molecule has 0 unspecified atom stereocenters. The number of hydrogen-bond donors (Lipinski definition) is 4. The summed E-state index contributed by atoms with van der Waals surface area (Å²) in [5, 5.41) is 25.7. The minimum atomic E-state index is -1.43. The first-order chi connectivity index (χ1) is 8.99. The minimum absolute atomic E-state index is 0.349. The van der Waals surface area contributed by atoms with Crippen LogP contribution >= 0.6 is 11.3 Å². The molecule has 0 saturated carbocycles. The van der Waals surface area contributed by atoms with Crippen LogP contribution in [0, 0.1) is 0 Å². The lowest BCUT2D eigenvalue weighted by Gasteiger charge is -2.13. The van der Waals surface area contributed by atoms with Gasteiger partial charge in [-0.05, 0) is 28.8 Å². The van der Waals surface area contributed by atoms with Gasteiger partial charge in [-0.1, -0.05) is 0 Å². The molecule has 0 fully saturated rings. The molecular formula is C11H14N2O5S. The van der Waals surface area contributed by atoms with E-state index in [0.717, 1.165) is 5.56 Å². The normalized spacial score (nSPS) is 11.6. The van der Waals surface area contributed by atoms with Crippen molar-refractivity contribution >= 4 is 29.3 Å². The fourth-order valence-corrected chi connectivity index (χ4v) is 2.04. The SMILES string of the molecule is O=C(O)C[C@@H](NC(=O)NCCc1ccsc1)C(=O)O. The van der Waals surface area contributed by atoms with E-state index < -0.39 is 30.4 Å². The van der Waals surface area contributed by atoms with Gasteiger partial charge in [0.05, 0.1) is 6.42 Å². The number of urea groups is 1. The molecule has 4 N–H and O–H groups in total. The highest BCUT2D eigenvalue weighted by Gasteiger charge is 2.22. The molecule has 1 aromatic rings. The second kappa shape index (κ2) is 7.37. The highest BCUT2D eigenvalue weighted by atomic mass is 32.1. The molecule has 1 heterocycles. The number of carbonyl (C=O) groups excluding carboxylic acids is 1. The topological polar surface area (TPSA) is 116 Å². The van der Waals surface area contributed by atoms with Crippen molar-refractivity contribution in [2.45, 2.75) is 18.9 Å². The van der Waals surface area contributed by atoms with E-state index in [-0.39, 0.29) is 0 Å². The van der Waals surface area contributed by atoms with Crippen molar-refractivity contribution in [1.29, 1.82) is 0 Å². The summed E-state index contributed by atoms with van der Waals surface area (Å²) in [6, 6.07) is -0.197. The molecule has 0 aliphatic heterocycles. The van der Waals surface area contributed by atoms with E-state index in [0.29, 0.717) is 13.0 Å². The maximum Gasteiger partial charge on any atom is 0.326 e. The zero-order valence-corrected chi connectivity index (χ0v) is 10.8. The minimum Gasteiger partial charge on any atom is -0.481 e. The van der Waals surface area contributed by atoms with Crippen LogP contribution in [0.3, 0.4) is 0 Å². The van der Waals surface area contributed by atoms with Crippen molar-refractivity contribution in [3.8, 4) is 0 Å². The van der Waals surface area contributed by atoms with Gasteiger partial charge in [-0.2, -0.15) is 11.3 Å². The molecule has 1 rings (SSSR count). The van der Waals surface area contributed by atoms with Crippen molar-refractivity contribution in [2.75, 3.05) is 6.54 Å². The third-order valence-electron chi connectivity index (χ3n) is 2.26. The number of hydrogen-bond acceptors (Lipinski definition) is 4. The van der Waals surface area contributed by atoms with E-state index in [1.54, 1.807) is 11.3 Å². The quantitative estimate of drug-likeness (QED) is 0.583. The van der Waals surface area contributed by atoms with Crippen LogP contribution in [0.5, 0.6) is 0 Å². The zero-order chi connectivity index (χ0) is 14.3. The van der Waals surface area contributed by atoms with E-state index in [1.807, 2.05) is 16.8 Å². The first kappa shape index (κ1) is 15.0. The van der Waals surface area contributed by atoms with Crippen LogP contribution in [-0.4, -0.2) is 40.8 Å². The molecule has 1 atom stereocenters. The summed E-state index contributed by atoms with van der Waals surface area (Å²) in [5.41, 5.74) is 1.07. The summed E-state index contributed by atoms with van der Waals surface area (Å²) in [6.07, 6.45) is -0.0269. The molecule has 1 aromatic heterocycles. The zero-order valence-electron chi connectivity index (χ0n) is 9.96. The number of aliphatic carboxylic acids is 2. The molecule has 0 aromatic carbocycles. The van der Waals surface area contributed by atoms with E-state index in [1.165, 1.54) is 0 Å². The molecule has 0 bridgehead atoms. The molecule has 104 valence electrons. The number of nitrogens with one attached hydrogen (secondary N) is 2. The molecule has 0 aliphatic rings.